The molecule has 2 saturated heterocycles. The van der Waals surface area contributed by atoms with Crippen molar-refractivity contribution in [3.05, 3.63) is 0 Å². The van der Waals surface area contributed by atoms with Crippen LogP contribution in [0, 0.1) is 0 Å². The topological polar surface area (TPSA) is 69.7 Å². The largest absolute Gasteiger partial charge is 0.338 e. The number of nitrogens with zero attached hydrogens (tertiary/aromatic N) is 2. The van der Waals surface area contributed by atoms with E-state index in [1.165, 1.54) is 0 Å². The Kier molecular flexibility index (Phi) is 5.04. The number of hydrogen-bond donors (Lipinski definition) is 1. The minimum absolute atomic E-state index is 0.0587. The monoisotopic (exact) mass is 303 g/mol. The van der Waals surface area contributed by atoms with E-state index in [9.17, 15) is 13.2 Å². The fraction of sp³-hybridized carbons (Fsp3) is 0.923. The highest BCUT2D eigenvalue weighted by atomic mass is 32.2. The molecule has 0 aromatic rings. The van der Waals surface area contributed by atoms with Crippen LogP contribution in [0.15, 0.2) is 0 Å². The second-order valence-electron chi connectivity index (χ2n) is 5.61. The van der Waals surface area contributed by atoms with E-state index in [0.29, 0.717) is 25.6 Å². The highest BCUT2D eigenvalue weighted by molar-refractivity contribution is 7.91. The second kappa shape index (κ2) is 6.41. The smallest absolute Gasteiger partial charge is 0.237 e. The van der Waals surface area contributed by atoms with Crippen LogP contribution < -0.4 is 5.32 Å². The minimum Gasteiger partial charge on any atom is -0.338 e. The summed E-state index contributed by atoms with van der Waals surface area (Å²) in [7, 11) is -2.95. The van der Waals surface area contributed by atoms with Crippen molar-refractivity contribution in [2.45, 2.75) is 32.4 Å². The molecule has 2 rings (SSSR count). The lowest BCUT2D eigenvalue weighted by Crippen LogP contribution is -2.59. The van der Waals surface area contributed by atoms with Crippen LogP contribution in [0.2, 0.25) is 0 Å². The SMILES string of the molecule is CCN(CC(=O)N(CC)C1CCS(=O)(=O)C1)C1CNC1. The van der Waals surface area contributed by atoms with Gasteiger partial charge in [-0.3, -0.25) is 9.69 Å². The van der Waals surface area contributed by atoms with Crippen LogP contribution in [0.4, 0.5) is 0 Å². The maximum atomic E-state index is 12.5. The summed E-state index contributed by atoms with van der Waals surface area (Å²) in [6.45, 7) is 7.67. The van der Waals surface area contributed by atoms with Gasteiger partial charge in [-0.2, -0.15) is 0 Å². The molecule has 0 aliphatic carbocycles. The first-order chi connectivity index (χ1) is 9.46. The van der Waals surface area contributed by atoms with Crippen LogP contribution in [-0.2, 0) is 14.6 Å². The van der Waals surface area contributed by atoms with E-state index in [2.05, 4.69) is 17.1 Å². The van der Waals surface area contributed by atoms with E-state index in [1.807, 2.05) is 6.92 Å². The number of carbonyl (C=O) groups is 1. The zero-order chi connectivity index (χ0) is 14.8. The molecule has 116 valence electrons. The molecule has 1 atom stereocenters. The van der Waals surface area contributed by atoms with E-state index < -0.39 is 9.84 Å². The van der Waals surface area contributed by atoms with Crippen molar-refractivity contribution in [2.75, 3.05) is 44.2 Å². The van der Waals surface area contributed by atoms with Crippen LogP contribution in [0.1, 0.15) is 20.3 Å². The molecule has 1 unspecified atom stereocenters. The van der Waals surface area contributed by atoms with E-state index in [0.717, 1.165) is 19.6 Å². The van der Waals surface area contributed by atoms with Crippen molar-refractivity contribution in [1.82, 2.24) is 15.1 Å². The summed E-state index contributed by atoms with van der Waals surface area (Å²) in [5.41, 5.74) is 0. The van der Waals surface area contributed by atoms with Gasteiger partial charge in [-0.05, 0) is 19.9 Å². The Hall–Kier alpha value is -0.660. The van der Waals surface area contributed by atoms with Gasteiger partial charge < -0.3 is 10.2 Å². The Morgan fingerprint density at radius 1 is 1.20 bits per heavy atom. The van der Waals surface area contributed by atoms with E-state index >= 15 is 0 Å². The van der Waals surface area contributed by atoms with E-state index in [1.54, 1.807) is 4.90 Å². The molecule has 1 N–H and O–H groups in total. The molecule has 2 aliphatic heterocycles. The standard InChI is InChI=1S/C13H25N3O3S/c1-3-15(12-7-14-8-12)9-13(17)16(4-2)11-5-6-20(18,19)10-11/h11-12,14H,3-10H2,1-2H3. The molecule has 0 bridgehead atoms. The number of carbonyl (C=O) groups excluding carboxylic acids is 1. The molecule has 0 spiro atoms. The molecule has 1 amide bonds. The Morgan fingerprint density at radius 2 is 1.90 bits per heavy atom. The summed E-state index contributed by atoms with van der Waals surface area (Å²) in [6.07, 6.45) is 0.582. The van der Waals surface area contributed by atoms with Crippen molar-refractivity contribution in [1.29, 1.82) is 0 Å². The molecule has 6 nitrogen and oxygen atoms in total. The lowest BCUT2D eigenvalue weighted by molar-refractivity contribution is -0.134. The molecule has 2 heterocycles. The van der Waals surface area contributed by atoms with Gasteiger partial charge in [0.25, 0.3) is 0 Å². The molecule has 7 heteroatoms. The first-order valence-corrected chi connectivity index (χ1v) is 9.23. The number of amides is 1. The number of hydrogen-bond acceptors (Lipinski definition) is 5. The van der Waals surface area contributed by atoms with Crippen molar-refractivity contribution in [3.63, 3.8) is 0 Å². The first kappa shape index (κ1) is 15.7. The van der Waals surface area contributed by atoms with Gasteiger partial charge in [0.1, 0.15) is 0 Å². The van der Waals surface area contributed by atoms with Crippen LogP contribution in [0.3, 0.4) is 0 Å². The van der Waals surface area contributed by atoms with Crippen LogP contribution >= 0.6 is 0 Å². The van der Waals surface area contributed by atoms with Crippen molar-refractivity contribution < 1.29 is 13.2 Å². The third kappa shape index (κ3) is 3.51. The number of likely N-dealkylation sites (N-methyl/N-ethyl adjacent to an activating group) is 2. The van der Waals surface area contributed by atoms with Crippen LogP contribution in [-0.4, -0.2) is 80.4 Å². The van der Waals surface area contributed by atoms with Gasteiger partial charge >= 0.3 is 0 Å². The number of sulfone groups is 1. The predicted molar refractivity (Wildman–Crippen MR) is 78.4 cm³/mol. The highest BCUT2D eigenvalue weighted by Gasteiger charge is 2.35. The summed E-state index contributed by atoms with van der Waals surface area (Å²) >= 11 is 0. The molecule has 20 heavy (non-hydrogen) atoms. The molecular formula is C13H25N3O3S. The van der Waals surface area contributed by atoms with Gasteiger partial charge in [0.2, 0.25) is 5.91 Å². The molecule has 2 aliphatic rings. The maximum absolute atomic E-state index is 12.5. The highest BCUT2D eigenvalue weighted by Crippen LogP contribution is 2.18. The van der Waals surface area contributed by atoms with Crippen molar-refractivity contribution in [2.24, 2.45) is 0 Å². The Morgan fingerprint density at radius 3 is 2.30 bits per heavy atom. The zero-order valence-corrected chi connectivity index (χ0v) is 13.2. The van der Waals surface area contributed by atoms with E-state index in [-0.39, 0.29) is 23.5 Å². The first-order valence-electron chi connectivity index (χ1n) is 7.41. The lowest BCUT2D eigenvalue weighted by atomic mass is 10.1. The minimum atomic E-state index is -2.95. The normalized spacial score (nSPS) is 25.6. The van der Waals surface area contributed by atoms with Crippen LogP contribution in [0.25, 0.3) is 0 Å². The molecule has 2 fully saturated rings. The molecular weight excluding hydrogens is 278 g/mol. The lowest BCUT2D eigenvalue weighted by Gasteiger charge is -2.38. The maximum Gasteiger partial charge on any atom is 0.237 e. The van der Waals surface area contributed by atoms with Gasteiger partial charge in [-0.25, -0.2) is 8.42 Å². The predicted octanol–water partition coefficient (Wildman–Crippen LogP) is -0.684. The van der Waals surface area contributed by atoms with Gasteiger partial charge in [0, 0.05) is 31.7 Å². The quantitative estimate of drug-likeness (QED) is 0.704. The van der Waals surface area contributed by atoms with Gasteiger partial charge in [-0.1, -0.05) is 6.92 Å². The summed E-state index contributed by atoms with van der Waals surface area (Å²) in [4.78, 5) is 16.4. The van der Waals surface area contributed by atoms with Gasteiger partial charge in [-0.15, -0.1) is 0 Å². The second-order valence-corrected chi connectivity index (χ2v) is 7.84. The third-order valence-corrected chi connectivity index (χ3v) is 6.08. The molecule has 0 aromatic heterocycles. The number of rotatable bonds is 6. The molecule has 0 aromatic carbocycles. The van der Waals surface area contributed by atoms with Gasteiger partial charge in [0.15, 0.2) is 9.84 Å². The van der Waals surface area contributed by atoms with Crippen LogP contribution in [0.5, 0.6) is 0 Å². The summed E-state index contributed by atoms with van der Waals surface area (Å²) in [5.74, 6) is 0.401. The fourth-order valence-corrected chi connectivity index (χ4v) is 4.69. The summed E-state index contributed by atoms with van der Waals surface area (Å²) in [5, 5.41) is 3.21. The van der Waals surface area contributed by atoms with Crippen molar-refractivity contribution in [3.8, 4) is 0 Å². The average Bonchev–Trinajstić information content (AvgIpc) is 2.67. The molecule has 0 radical (unpaired) electrons. The number of nitrogens with one attached hydrogen (secondary N) is 1. The Labute approximate surface area is 121 Å². The van der Waals surface area contributed by atoms with Crippen molar-refractivity contribution >= 4 is 15.7 Å². The van der Waals surface area contributed by atoms with Gasteiger partial charge in [0.05, 0.1) is 18.1 Å². The summed E-state index contributed by atoms with van der Waals surface area (Å²) in [6, 6.07) is 0.311. The fourth-order valence-electron chi connectivity index (χ4n) is 2.95. The Bertz CT molecular complexity index is 448. The average molecular weight is 303 g/mol. The zero-order valence-electron chi connectivity index (χ0n) is 12.3. The van der Waals surface area contributed by atoms with E-state index in [4.69, 9.17) is 0 Å². The third-order valence-electron chi connectivity index (χ3n) is 4.33. The molecule has 0 saturated carbocycles. The Balaban J connectivity index is 1.94. The summed E-state index contributed by atoms with van der Waals surface area (Å²) < 4.78 is 23.1.